The van der Waals surface area contributed by atoms with Crippen LogP contribution >= 0.6 is 0 Å². The molecule has 0 aromatic heterocycles. The zero-order valence-corrected chi connectivity index (χ0v) is 10.6. The summed E-state index contributed by atoms with van der Waals surface area (Å²) in [6.07, 6.45) is 7.17. The standard InChI is InChI=1S/C12H20O3S/c1-16(14,15)5-4-12(13)8-11-7-9-2-3-10(11)6-9/h9-11H,2-8H2,1H3. The van der Waals surface area contributed by atoms with Crippen molar-refractivity contribution in [2.45, 2.75) is 38.5 Å². The first-order valence-corrected chi connectivity index (χ1v) is 8.19. The summed E-state index contributed by atoms with van der Waals surface area (Å²) in [5, 5.41) is 0. The largest absolute Gasteiger partial charge is 0.300 e. The zero-order chi connectivity index (χ0) is 11.8. The van der Waals surface area contributed by atoms with Gasteiger partial charge in [-0.3, -0.25) is 4.79 Å². The topological polar surface area (TPSA) is 51.2 Å². The van der Waals surface area contributed by atoms with Crippen LogP contribution in [0, 0.1) is 17.8 Å². The highest BCUT2D eigenvalue weighted by atomic mass is 32.2. The average molecular weight is 244 g/mol. The van der Waals surface area contributed by atoms with Crippen molar-refractivity contribution < 1.29 is 13.2 Å². The highest BCUT2D eigenvalue weighted by Gasteiger charge is 2.39. The number of hydrogen-bond acceptors (Lipinski definition) is 3. The smallest absolute Gasteiger partial charge is 0.147 e. The SMILES string of the molecule is CS(=O)(=O)CCC(=O)CC1CC2CCC1C2. The first-order valence-electron chi connectivity index (χ1n) is 6.13. The van der Waals surface area contributed by atoms with E-state index in [0.29, 0.717) is 12.3 Å². The van der Waals surface area contributed by atoms with Gasteiger partial charge in [0.15, 0.2) is 0 Å². The Labute approximate surface area is 97.5 Å². The van der Waals surface area contributed by atoms with Crippen LogP contribution in [0.5, 0.6) is 0 Å². The van der Waals surface area contributed by atoms with Gasteiger partial charge < -0.3 is 0 Å². The Morgan fingerprint density at radius 2 is 2.00 bits per heavy atom. The molecular weight excluding hydrogens is 224 g/mol. The lowest BCUT2D eigenvalue weighted by Crippen LogP contribution is -2.17. The predicted molar refractivity (Wildman–Crippen MR) is 62.9 cm³/mol. The van der Waals surface area contributed by atoms with Crippen LogP contribution in [0.15, 0.2) is 0 Å². The minimum absolute atomic E-state index is 0.0205. The van der Waals surface area contributed by atoms with Crippen LogP contribution in [-0.4, -0.2) is 26.2 Å². The fourth-order valence-electron chi connectivity index (χ4n) is 3.32. The molecule has 92 valence electrons. The van der Waals surface area contributed by atoms with E-state index < -0.39 is 9.84 Å². The number of rotatable bonds is 5. The monoisotopic (exact) mass is 244 g/mol. The fraction of sp³-hybridized carbons (Fsp3) is 0.917. The third-order valence-electron chi connectivity index (χ3n) is 4.13. The quantitative estimate of drug-likeness (QED) is 0.741. The Hall–Kier alpha value is -0.380. The summed E-state index contributed by atoms with van der Waals surface area (Å²) in [5.74, 6) is 2.34. The van der Waals surface area contributed by atoms with E-state index in [0.717, 1.165) is 11.8 Å². The summed E-state index contributed by atoms with van der Waals surface area (Å²) in [7, 11) is -2.98. The normalized spacial score (nSPS) is 33.2. The lowest BCUT2D eigenvalue weighted by molar-refractivity contribution is -0.119. The molecule has 16 heavy (non-hydrogen) atoms. The van der Waals surface area contributed by atoms with Gasteiger partial charge in [0.2, 0.25) is 0 Å². The number of carbonyl (C=O) groups is 1. The Morgan fingerprint density at radius 3 is 2.50 bits per heavy atom. The van der Waals surface area contributed by atoms with Gasteiger partial charge in [0.25, 0.3) is 0 Å². The Balaban J connectivity index is 1.76. The van der Waals surface area contributed by atoms with Gasteiger partial charge in [-0.2, -0.15) is 0 Å². The molecule has 3 unspecified atom stereocenters. The van der Waals surface area contributed by atoms with E-state index in [2.05, 4.69) is 0 Å². The molecule has 0 aromatic rings. The fourth-order valence-corrected chi connectivity index (χ4v) is 3.92. The van der Waals surface area contributed by atoms with Crippen molar-refractivity contribution >= 4 is 15.6 Å². The molecule has 2 rings (SSSR count). The summed E-state index contributed by atoms with van der Waals surface area (Å²) < 4.78 is 21.9. The Kier molecular flexibility index (Phi) is 3.38. The molecule has 4 heteroatoms. The molecular formula is C12H20O3S. The number of carbonyl (C=O) groups excluding carboxylic acids is 1. The van der Waals surface area contributed by atoms with E-state index in [1.807, 2.05) is 0 Å². The first kappa shape index (κ1) is 12.1. The maximum atomic E-state index is 11.7. The summed E-state index contributed by atoms with van der Waals surface area (Å²) in [5.41, 5.74) is 0. The molecule has 2 fully saturated rings. The van der Waals surface area contributed by atoms with Crippen molar-refractivity contribution in [3.05, 3.63) is 0 Å². The lowest BCUT2D eigenvalue weighted by Gasteiger charge is -2.20. The molecule has 0 N–H and O–H groups in total. The van der Waals surface area contributed by atoms with Gasteiger partial charge in [0.1, 0.15) is 15.6 Å². The van der Waals surface area contributed by atoms with Crippen LogP contribution in [0.1, 0.15) is 38.5 Å². The van der Waals surface area contributed by atoms with Crippen LogP contribution in [0.3, 0.4) is 0 Å². The average Bonchev–Trinajstić information content (AvgIpc) is 2.75. The van der Waals surface area contributed by atoms with Crippen molar-refractivity contribution in [2.24, 2.45) is 17.8 Å². The summed E-state index contributed by atoms with van der Waals surface area (Å²) in [6.45, 7) is 0. The first-order chi connectivity index (χ1) is 7.44. The van der Waals surface area contributed by atoms with Crippen LogP contribution in [-0.2, 0) is 14.6 Å². The molecule has 0 amide bonds. The van der Waals surface area contributed by atoms with Crippen molar-refractivity contribution in [1.82, 2.24) is 0 Å². The van der Waals surface area contributed by atoms with E-state index in [1.165, 1.54) is 31.9 Å². The summed E-state index contributed by atoms with van der Waals surface area (Å²) in [4.78, 5) is 11.7. The minimum Gasteiger partial charge on any atom is -0.300 e. The van der Waals surface area contributed by atoms with Gasteiger partial charge >= 0.3 is 0 Å². The number of sulfone groups is 1. The second-order valence-electron chi connectivity index (χ2n) is 5.56. The number of fused-ring (bicyclic) bond motifs is 2. The summed E-state index contributed by atoms with van der Waals surface area (Å²) >= 11 is 0. The van der Waals surface area contributed by atoms with Crippen LogP contribution < -0.4 is 0 Å². The van der Waals surface area contributed by atoms with Crippen LogP contribution in [0.25, 0.3) is 0 Å². The van der Waals surface area contributed by atoms with Gasteiger partial charge in [-0.15, -0.1) is 0 Å². The summed E-state index contributed by atoms with van der Waals surface area (Å²) in [6, 6.07) is 0. The van der Waals surface area contributed by atoms with Gasteiger partial charge in [-0.1, -0.05) is 6.42 Å². The Bertz CT molecular complexity index is 372. The second-order valence-corrected chi connectivity index (χ2v) is 7.82. The second kappa shape index (κ2) is 4.47. The Morgan fingerprint density at radius 1 is 1.25 bits per heavy atom. The van der Waals surface area contributed by atoms with E-state index in [-0.39, 0.29) is 18.0 Å². The maximum absolute atomic E-state index is 11.7. The molecule has 2 saturated carbocycles. The molecule has 3 atom stereocenters. The van der Waals surface area contributed by atoms with Gasteiger partial charge in [-0.25, -0.2) is 8.42 Å². The predicted octanol–water partition coefficient (Wildman–Crippen LogP) is 1.82. The lowest BCUT2D eigenvalue weighted by atomic mass is 9.85. The van der Waals surface area contributed by atoms with E-state index in [9.17, 15) is 13.2 Å². The van der Waals surface area contributed by atoms with Crippen molar-refractivity contribution in [1.29, 1.82) is 0 Å². The molecule has 2 aliphatic carbocycles. The maximum Gasteiger partial charge on any atom is 0.147 e. The van der Waals surface area contributed by atoms with Crippen molar-refractivity contribution in [3.8, 4) is 0 Å². The molecule has 0 saturated heterocycles. The third-order valence-corrected chi connectivity index (χ3v) is 5.07. The zero-order valence-electron chi connectivity index (χ0n) is 9.81. The molecule has 2 aliphatic rings. The van der Waals surface area contributed by atoms with Gasteiger partial charge in [0.05, 0.1) is 5.75 Å². The van der Waals surface area contributed by atoms with Crippen LogP contribution in [0.4, 0.5) is 0 Å². The molecule has 0 heterocycles. The van der Waals surface area contributed by atoms with E-state index in [1.54, 1.807) is 0 Å². The third kappa shape index (κ3) is 3.06. The molecule has 0 aliphatic heterocycles. The number of hydrogen-bond donors (Lipinski definition) is 0. The molecule has 3 nitrogen and oxygen atoms in total. The van der Waals surface area contributed by atoms with E-state index in [4.69, 9.17) is 0 Å². The van der Waals surface area contributed by atoms with Gasteiger partial charge in [0, 0.05) is 19.1 Å². The highest BCUT2D eigenvalue weighted by molar-refractivity contribution is 7.90. The molecule has 0 radical (unpaired) electrons. The van der Waals surface area contributed by atoms with E-state index >= 15 is 0 Å². The van der Waals surface area contributed by atoms with Crippen LogP contribution in [0.2, 0.25) is 0 Å². The molecule has 2 bridgehead atoms. The number of Topliss-reactive ketones (excluding diaryl/α,β-unsaturated/α-hetero) is 1. The van der Waals surface area contributed by atoms with Crippen molar-refractivity contribution in [3.63, 3.8) is 0 Å². The molecule has 0 spiro atoms. The number of ketones is 1. The molecule has 0 aromatic carbocycles. The van der Waals surface area contributed by atoms with Gasteiger partial charge in [-0.05, 0) is 37.0 Å². The highest BCUT2D eigenvalue weighted by Crippen LogP contribution is 2.49. The van der Waals surface area contributed by atoms with Crippen molar-refractivity contribution in [2.75, 3.05) is 12.0 Å². The minimum atomic E-state index is -2.98.